The number of halogens is 1. The molecule has 0 amide bonds. The van der Waals surface area contributed by atoms with Gasteiger partial charge in [-0.15, -0.1) is 0 Å². The molecule has 56 valence electrons. The van der Waals surface area contributed by atoms with Crippen LogP contribution in [-0.4, -0.2) is 6.29 Å². The molecular formula is C8H11IO. The molecule has 0 aromatic carbocycles. The third kappa shape index (κ3) is 2.08. The normalized spacial score (nSPS) is 18.7. The average molecular weight is 250 g/mol. The van der Waals surface area contributed by atoms with Gasteiger partial charge in [0.2, 0.25) is 0 Å². The first-order valence-electron chi connectivity index (χ1n) is 3.67. The molecule has 0 saturated heterocycles. The van der Waals surface area contributed by atoms with Crippen molar-refractivity contribution in [2.45, 2.75) is 32.1 Å². The van der Waals surface area contributed by atoms with E-state index in [0.717, 1.165) is 22.7 Å². The zero-order valence-electron chi connectivity index (χ0n) is 5.90. The Bertz CT molecular complexity index is 153. The Kier molecular flexibility index (Phi) is 3.39. The molecule has 0 bridgehead atoms. The van der Waals surface area contributed by atoms with Crippen LogP contribution in [0.15, 0.2) is 9.15 Å². The first-order chi connectivity index (χ1) is 4.84. The minimum absolute atomic E-state index is 0.942. The molecule has 10 heavy (non-hydrogen) atoms. The van der Waals surface area contributed by atoms with Gasteiger partial charge < -0.3 is 0 Å². The minimum Gasteiger partial charge on any atom is -0.297 e. The van der Waals surface area contributed by atoms with Gasteiger partial charge in [-0.3, -0.25) is 4.79 Å². The van der Waals surface area contributed by atoms with Crippen LogP contribution >= 0.6 is 22.6 Å². The van der Waals surface area contributed by atoms with E-state index < -0.39 is 0 Å². The predicted molar refractivity (Wildman–Crippen MR) is 50.2 cm³/mol. The number of rotatable bonds is 1. The summed E-state index contributed by atoms with van der Waals surface area (Å²) in [5.41, 5.74) is 1.38. The maximum atomic E-state index is 10.3. The summed E-state index contributed by atoms with van der Waals surface area (Å²) in [7, 11) is 0. The van der Waals surface area contributed by atoms with Crippen LogP contribution in [0.4, 0.5) is 0 Å². The summed E-state index contributed by atoms with van der Waals surface area (Å²) < 4.78 is 0.942. The van der Waals surface area contributed by atoms with Gasteiger partial charge in [0.15, 0.2) is 6.29 Å². The Hall–Kier alpha value is 0.140. The van der Waals surface area contributed by atoms with Crippen LogP contribution in [0.25, 0.3) is 0 Å². The molecule has 1 saturated carbocycles. The van der Waals surface area contributed by atoms with E-state index >= 15 is 0 Å². The van der Waals surface area contributed by atoms with Gasteiger partial charge in [-0.1, -0.05) is 12.0 Å². The lowest BCUT2D eigenvalue weighted by Gasteiger charge is -2.13. The van der Waals surface area contributed by atoms with Crippen LogP contribution in [0.2, 0.25) is 0 Å². The maximum Gasteiger partial charge on any atom is 0.156 e. The van der Waals surface area contributed by atoms with Gasteiger partial charge in [0.25, 0.3) is 0 Å². The Labute approximate surface area is 75.0 Å². The molecule has 1 aliphatic rings. The first-order valence-corrected chi connectivity index (χ1v) is 4.75. The van der Waals surface area contributed by atoms with E-state index in [2.05, 4.69) is 22.6 Å². The van der Waals surface area contributed by atoms with Crippen molar-refractivity contribution in [3.05, 3.63) is 9.15 Å². The van der Waals surface area contributed by atoms with Crippen LogP contribution in [0.5, 0.6) is 0 Å². The third-order valence-electron chi connectivity index (χ3n) is 1.90. The molecule has 0 aromatic rings. The van der Waals surface area contributed by atoms with Crippen molar-refractivity contribution in [2.75, 3.05) is 0 Å². The summed E-state index contributed by atoms with van der Waals surface area (Å²) >= 11 is 2.14. The van der Waals surface area contributed by atoms with Crippen LogP contribution in [0.3, 0.4) is 0 Å². The van der Waals surface area contributed by atoms with E-state index in [-0.39, 0.29) is 0 Å². The summed E-state index contributed by atoms with van der Waals surface area (Å²) in [6.07, 6.45) is 7.16. The SMILES string of the molecule is O=CC(I)=C1CCCCC1. The van der Waals surface area contributed by atoms with E-state index in [4.69, 9.17) is 0 Å². The second-order valence-electron chi connectivity index (χ2n) is 2.63. The van der Waals surface area contributed by atoms with Crippen molar-refractivity contribution in [3.63, 3.8) is 0 Å². The molecule has 1 aliphatic carbocycles. The fraction of sp³-hybridized carbons (Fsp3) is 0.625. The minimum atomic E-state index is 0.942. The quantitative estimate of drug-likeness (QED) is 0.397. The summed E-state index contributed by atoms with van der Waals surface area (Å²) in [5, 5.41) is 0. The summed E-state index contributed by atoms with van der Waals surface area (Å²) in [4.78, 5) is 10.3. The summed E-state index contributed by atoms with van der Waals surface area (Å²) in [6, 6.07) is 0. The molecule has 0 radical (unpaired) electrons. The van der Waals surface area contributed by atoms with E-state index in [1.807, 2.05) is 0 Å². The topological polar surface area (TPSA) is 17.1 Å². The fourth-order valence-corrected chi connectivity index (χ4v) is 1.84. The molecule has 0 N–H and O–H groups in total. The summed E-state index contributed by atoms with van der Waals surface area (Å²) in [5.74, 6) is 0. The van der Waals surface area contributed by atoms with Crippen molar-refractivity contribution in [1.82, 2.24) is 0 Å². The van der Waals surface area contributed by atoms with E-state index in [1.54, 1.807) is 0 Å². The van der Waals surface area contributed by atoms with Crippen molar-refractivity contribution in [2.24, 2.45) is 0 Å². The molecule has 1 nitrogen and oxygen atoms in total. The second kappa shape index (κ2) is 4.11. The van der Waals surface area contributed by atoms with E-state index in [9.17, 15) is 4.79 Å². The van der Waals surface area contributed by atoms with Gasteiger partial charge in [0.05, 0.1) is 3.58 Å². The predicted octanol–water partition coefficient (Wildman–Crippen LogP) is 2.84. The lowest BCUT2D eigenvalue weighted by Crippen LogP contribution is -1.95. The zero-order chi connectivity index (χ0) is 7.40. The third-order valence-corrected chi connectivity index (χ3v) is 2.92. The van der Waals surface area contributed by atoms with Crippen LogP contribution in [0, 0.1) is 0 Å². The van der Waals surface area contributed by atoms with Crippen LogP contribution in [-0.2, 0) is 4.79 Å². The molecule has 1 fully saturated rings. The highest BCUT2D eigenvalue weighted by atomic mass is 127. The Morgan fingerprint density at radius 3 is 2.40 bits per heavy atom. The average Bonchev–Trinajstić information content (AvgIpc) is 2.05. The highest BCUT2D eigenvalue weighted by Crippen LogP contribution is 2.27. The number of carbonyl (C=O) groups excluding carboxylic acids is 1. The number of aldehydes is 1. The Morgan fingerprint density at radius 2 is 1.90 bits per heavy atom. The highest BCUT2D eigenvalue weighted by molar-refractivity contribution is 14.1. The molecular weight excluding hydrogens is 239 g/mol. The number of carbonyl (C=O) groups is 1. The van der Waals surface area contributed by atoms with Crippen molar-refractivity contribution in [1.29, 1.82) is 0 Å². The maximum absolute atomic E-state index is 10.3. The van der Waals surface area contributed by atoms with Crippen molar-refractivity contribution < 1.29 is 4.79 Å². The molecule has 0 atom stereocenters. The van der Waals surface area contributed by atoms with Gasteiger partial charge >= 0.3 is 0 Å². The lowest BCUT2D eigenvalue weighted by atomic mass is 9.95. The largest absolute Gasteiger partial charge is 0.297 e. The second-order valence-corrected chi connectivity index (χ2v) is 3.79. The van der Waals surface area contributed by atoms with Crippen LogP contribution in [0.1, 0.15) is 32.1 Å². The molecule has 0 aliphatic heterocycles. The van der Waals surface area contributed by atoms with Gasteiger partial charge in [-0.25, -0.2) is 0 Å². The standard InChI is InChI=1S/C8H11IO/c9-8(6-10)7-4-2-1-3-5-7/h6H,1-5H2. The molecule has 0 heterocycles. The number of hydrogen-bond donors (Lipinski definition) is 0. The Balaban J connectivity index is 2.59. The van der Waals surface area contributed by atoms with E-state index in [0.29, 0.717) is 0 Å². The number of allylic oxidation sites excluding steroid dienone is 2. The Morgan fingerprint density at radius 1 is 1.30 bits per heavy atom. The summed E-state index contributed by atoms with van der Waals surface area (Å²) in [6.45, 7) is 0. The molecule has 1 rings (SSSR count). The molecule has 0 aromatic heterocycles. The lowest BCUT2D eigenvalue weighted by molar-refractivity contribution is -0.104. The fourth-order valence-electron chi connectivity index (χ4n) is 1.30. The molecule has 0 unspecified atom stereocenters. The molecule has 2 heteroatoms. The zero-order valence-corrected chi connectivity index (χ0v) is 8.06. The highest BCUT2D eigenvalue weighted by Gasteiger charge is 2.07. The molecule has 0 spiro atoms. The van der Waals surface area contributed by atoms with Gasteiger partial charge in [0, 0.05) is 0 Å². The van der Waals surface area contributed by atoms with Crippen molar-refractivity contribution >= 4 is 28.9 Å². The van der Waals surface area contributed by atoms with E-state index in [1.165, 1.54) is 24.8 Å². The van der Waals surface area contributed by atoms with Crippen molar-refractivity contribution in [3.8, 4) is 0 Å². The monoisotopic (exact) mass is 250 g/mol. The number of hydrogen-bond acceptors (Lipinski definition) is 1. The van der Waals surface area contributed by atoms with Gasteiger partial charge in [-0.2, -0.15) is 0 Å². The van der Waals surface area contributed by atoms with Gasteiger partial charge in [0.1, 0.15) is 0 Å². The smallest absolute Gasteiger partial charge is 0.156 e. The van der Waals surface area contributed by atoms with Crippen LogP contribution < -0.4 is 0 Å². The first kappa shape index (κ1) is 8.24. The van der Waals surface area contributed by atoms with Gasteiger partial charge in [-0.05, 0) is 48.3 Å².